The second-order valence-electron chi connectivity index (χ2n) is 10.3. The number of carbonyl (C=O) groups excluding carboxylic acids is 1. The van der Waals surface area contributed by atoms with Gasteiger partial charge in [0.2, 0.25) is 0 Å². The van der Waals surface area contributed by atoms with Crippen LogP contribution in [0.5, 0.6) is 0 Å². The van der Waals surface area contributed by atoms with Gasteiger partial charge in [-0.3, -0.25) is 14.9 Å². The molecule has 3 aromatic rings. The van der Waals surface area contributed by atoms with Gasteiger partial charge in [0.1, 0.15) is 5.69 Å². The normalized spacial score (nSPS) is 14.2. The molecule has 1 aliphatic rings. The Hall–Kier alpha value is -3.63. The maximum Gasteiger partial charge on any atom is 0.358 e. The van der Waals surface area contributed by atoms with Crippen LogP contribution in [0.3, 0.4) is 0 Å². The minimum Gasteiger partial charge on any atom is -0.478 e. The number of aliphatic carboxylic acids is 1. The molecule has 1 unspecified atom stereocenters. The summed E-state index contributed by atoms with van der Waals surface area (Å²) in [4.78, 5) is 43.3. The number of aldehydes is 1. The monoisotopic (exact) mass is 656 g/mol. The second kappa shape index (κ2) is 13.6. The number of anilines is 3. The van der Waals surface area contributed by atoms with Crippen LogP contribution in [0.2, 0.25) is 5.02 Å². The molecule has 0 radical (unpaired) electrons. The van der Waals surface area contributed by atoms with E-state index in [1.54, 1.807) is 11.0 Å². The topological polar surface area (TPSA) is 107 Å². The Morgan fingerprint density at radius 1 is 1.07 bits per heavy atom. The Balaban J connectivity index is 1.95. The smallest absolute Gasteiger partial charge is 0.358 e. The van der Waals surface area contributed by atoms with E-state index in [2.05, 4.69) is 27.8 Å². The highest BCUT2D eigenvalue weighted by Crippen LogP contribution is 2.44. The number of nitro groups is 1. The maximum atomic E-state index is 13.4. The quantitative estimate of drug-likeness (QED) is 0.0878. The number of nitrogens with zero attached hydrogens (tertiary/aromatic N) is 4. The highest BCUT2D eigenvalue weighted by molar-refractivity contribution is 9.10. The first-order chi connectivity index (χ1) is 20.2. The predicted molar refractivity (Wildman–Crippen MR) is 171 cm³/mol. The Bertz CT molecular complexity index is 1470. The number of carbonyl (C=O) groups is 2. The molecule has 4 rings (SSSR count). The van der Waals surface area contributed by atoms with Gasteiger partial charge in [0.25, 0.3) is 11.4 Å². The number of hydrogen-bond acceptors (Lipinski definition) is 7. The van der Waals surface area contributed by atoms with Gasteiger partial charge < -0.3 is 19.8 Å². The largest absolute Gasteiger partial charge is 0.478 e. The number of nitro benzene ring substituents is 1. The van der Waals surface area contributed by atoms with E-state index in [1.165, 1.54) is 23.1 Å². The van der Waals surface area contributed by atoms with Crippen LogP contribution in [0.1, 0.15) is 39.5 Å². The van der Waals surface area contributed by atoms with Gasteiger partial charge in [0, 0.05) is 41.7 Å². The molecule has 222 valence electrons. The van der Waals surface area contributed by atoms with Crippen LogP contribution in [0.15, 0.2) is 65.1 Å². The van der Waals surface area contributed by atoms with E-state index in [-0.39, 0.29) is 24.5 Å². The molecule has 9 nitrogen and oxygen atoms in total. The van der Waals surface area contributed by atoms with Gasteiger partial charge in [0.15, 0.2) is 6.29 Å². The zero-order valence-corrected chi connectivity index (χ0v) is 26.0. The Morgan fingerprint density at radius 3 is 2.45 bits per heavy atom. The summed E-state index contributed by atoms with van der Waals surface area (Å²) in [7, 11) is 0. The number of halogens is 2. The molecular formula is C31H34BrClN4O5. The van der Waals surface area contributed by atoms with E-state index >= 15 is 0 Å². The van der Waals surface area contributed by atoms with Crippen molar-refractivity contribution in [2.45, 2.75) is 45.2 Å². The van der Waals surface area contributed by atoms with Crippen molar-refractivity contribution in [3.05, 3.63) is 80.3 Å². The number of rotatable bonds is 13. The van der Waals surface area contributed by atoms with Gasteiger partial charge in [-0.1, -0.05) is 72.4 Å². The van der Waals surface area contributed by atoms with E-state index < -0.39 is 16.6 Å². The molecule has 1 N–H and O–H groups in total. The van der Waals surface area contributed by atoms with E-state index in [1.807, 2.05) is 43.3 Å². The number of benzene rings is 3. The van der Waals surface area contributed by atoms with Crippen molar-refractivity contribution in [2.24, 2.45) is 0 Å². The average Bonchev–Trinajstić information content (AvgIpc) is 2.97. The van der Waals surface area contributed by atoms with E-state index in [0.29, 0.717) is 40.9 Å². The second-order valence-corrected chi connectivity index (χ2v) is 11.6. The van der Waals surface area contributed by atoms with Gasteiger partial charge in [-0.05, 0) is 60.4 Å². The summed E-state index contributed by atoms with van der Waals surface area (Å²) in [5.41, 5.74) is 0.701. The summed E-state index contributed by atoms with van der Waals surface area (Å²) in [6.07, 6.45) is 3.53. The Morgan fingerprint density at radius 2 is 1.81 bits per heavy atom. The lowest BCUT2D eigenvalue weighted by molar-refractivity contribution is -0.384. The number of carboxylic acid groups (broad SMARTS) is 1. The third-order valence-electron chi connectivity index (χ3n) is 7.60. The van der Waals surface area contributed by atoms with Gasteiger partial charge in [-0.15, -0.1) is 0 Å². The summed E-state index contributed by atoms with van der Waals surface area (Å²) >= 11 is 9.66. The molecule has 0 aliphatic carbocycles. The van der Waals surface area contributed by atoms with E-state index in [9.17, 15) is 24.8 Å². The van der Waals surface area contributed by atoms with Crippen molar-refractivity contribution in [1.82, 2.24) is 0 Å². The molecule has 0 saturated carbocycles. The first-order valence-electron chi connectivity index (χ1n) is 14.0. The summed E-state index contributed by atoms with van der Waals surface area (Å²) in [5.74, 6) is -1.41. The van der Waals surface area contributed by atoms with Crippen molar-refractivity contribution >= 4 is 62.5 Å². The SMILES string of the molecule is CCCCN1CCN(C(C=O)(C(=O)O)N(CCCC)c2cc(Br)ccc2[N+](=O)[O-])c2ccc(-c3cccc(Cl)c3)cc21. The minimum atomic E-state index is -2.25. The van der Waals surface area contributed by atoms with Crippen molar-refractivity contribution in [2.75, 3.05) is 40.9 Å². The van der Waals surface area contributed by atoms with E-state index in [0.717, 1.165) is 36.2 Å². The molecule has 1 aliphatic heterocycles. The fourth-order valence-electron chi connectivity index (χ4n) is 5.46. The van der Waals surface area contributed by atoms with Gasteiger partial charge in [0.05, 0.1) is 16.3 Å². The average molecular weight is 658 g/mol. The van der Waals surface area contributed by atoms with Gasteiger partial charge in [-0.2, -0.15) is 0 Å². The fraction of sp³-hybridized carbons (Fsp3) is 0.355. The van der Waals surface area contributed by atoms with Crippen LogP contribution >= 0.6 is 27.5 Å². The van der Waals surface area contributed by atoms with Crippen molar-refractivity contribution < 1.29 is 19.6 Å². The first kappa shape index (κ1) is 31.3. The lowest BCUT2D eigenvalue weighted by Crippen LogP contribution is -2.70. The molecule has 0 aromatic heterocycles. The highest BCUT2D eigenvalue weighted by Gasteiger charge is 2.53. The molecular weight excluding hydrogens is 624 g/mol. The lowest BCUT2D eigenvalue weighted by atomic mass is 9.98. The van der Waals surface area contributed by atoms with Crippen LogP contribution in [0.25, 0.3) is 11.1 Å². The third kappa shape index (κ3) is 6.10. The molecule has 11 heteroatoms. The van der Waals surface area contributed by atoms with Crippen LogP contribution in [0.4, 0.5) is 22.7 Å². The zero-order chi connectivity index (χ0) is 30.4. The fourth-order valence-corrected chi connectivity index (χ4v) is 6.00. The molecule has 0 saturated heterocycles. The lowest BCUT2D eigenvalue weighted by Gasteiger charge is -2.50. The molecule has 3 aromatic carbocycles. The maximum absolute atomic E-state index is 13.4. The summed E-state index contributed by atoms with van der Waals surface area (Å²) < 4.78 is 0.533. The molecule has 1 heterocycles. The Labute approximate surface area is 259 Å². The van der Waals surface area contributed by atoms with Crippen LogP contribution in [0, 0.1) is 10.1 Å². The molecule has 1 atom stereocenters. The number of carboxylic acids is 1. The molecule has 0 bridgehead atoms. The summed E-state index contributed by atoms with van der Waals surface area (Å²) in [6, 6.07) is 17.6. The summed E-state index contributed by atoms with van der Waals surface area (Å²) in [6.45, 7) is 5.62. The number of fused-ring (bicyclic) bond motifs is 1. The van der Waals surface area contributed by atoms with E-state index in [4.69, 9.17) is 11.6 Å². The standard InChI is InChI=1S/C31H34BrClN4O5/c1-3-5-14-34-16-17-36(26-12-10-23(19-28(26)34)22-8-7-9-25(33)18-22)31(21-38,30(39)40)35(15-6-4-2)29-20-24(32)11-13-27(29)37(41)42/h7-13,18-21H,3-6,14-17H2,1-2H3,(H,39,40). The van der Waals surface area contributed by atoms with Crippen molar-refractivity contribution in [3.63, 3.8) is 0 Å². The highest BCUT2D eigenvalue weighted by atomic mass is 79.9. The Kier molecular flexibility index (Phi) is 10.1. The van der Waals surface area contributed by atoms with Gasteiger partial charge in [-0.25, -0.2) is 4.79 Å². The van der Waals surface area contributed by atoms with Crippen molar-refractivity contribution in [1.29, 1.82) is 0 Å². The minimum absolute atomic E-state index is 0.0582. The van der Waals surface area contributed by atoms with Crippen LogP contribution in [-0.2, 0) is 9.59 Å². The van der Waals surface area contributed by atoms with Gasteiger partial charge >= 0.3 is 5.97 Å². The van der Waals surface area contributed by atoms with Crippen LogP contribution < -0.4 is 14.7 Å². The van der Waals surface area contributed by atoms with Crippen LogP contribution in [-0.4, -0.2) is 54.1 Å². The zero-order valence-electron chi connectivity index (χ0n) is 23.6. The predicted octanol–water partition coefficient (Wildman–Crippen LogP) is 7.39. The molecule has 0 spiro atoms. The number of unbranched alkanes of at least 4 members (excludes halogenated alkanes) is 2. The molecule has 42 heavy (non-hydrogen) atoms. The third-order valence-corrected chi connectivity index (χ3v) is 8.33. The molecule has 0 fully saturated rings. The van der Waals surface area contributed by atoms with Crippen molar-refractivity contribution in [3.8, 4) is 11.1 Å². The summed E-state index contributed by atoms with van der Waals surface area (Å²) in [5, 5.41) is 23.6. The number of hydrogen-bond donors (Lipinski definition) is 1. The first-order valence-corrected chi connectivity index (χ1v) is 15.2. The molecule has 0 amide bonds.